The smallest absolute Gasteiger partial charge is 0.311 e. The fourth-order valence-corrected chi connectivity index (χ4v) is 7.56. The lowest BCUT2D eigenvalue weighted by Gasteiger charge is -2.20. The van der Waals surface area contributed by atoms with Gasteiger partial charge < -0.3 is 23.7 Å². The number of aromatic hydroxyl groups is 1. The molecule has 0 saturated heterocycles. The fraction of sp³-hybridized carbons (Fsp3) is 0.612. The maximum Gasteiger partial charge on any atom is 0.311 e. The van der Waals surface area contributed by atoms with Crippen LogP contribution in [0.5, 0.6) is 23.0 Å². The Labute approximate surface area is 342 Å². The molecule has 0 spiro atoms. The van der Waals surface area contributed by atoms with E-state index in [0.717, 1.165) is 49.7 Å². The third-order valence-corrected chi connectivity index (χ3v) is 10.6. The number of hydrogen-bond donors (Lipinski definition) is 1. The highest BCUT2D eigenvalue weighted by molar-refractivity contribution is 5.98. The lowest BCUT2D eigenvalue weighted by Crippen LogP contribution is -2.14. The molecule has 0 aliphatic carbocycles. The molecule has 57 heavy (non-hydrogen) atoms. The Bertz CT molecular complexity index is 1860. The number of benzene rings is 2. The Kier molecular flexibility index (Phi) is 21.0. The van der Waals surface area contributed by atoms with E-state index in [0.29, 0.717) is 17.5 Å². The molecule has 3 rings (SSSR count). The van der Waals surface area contributed by atoms with Gasteiger partial charge in [-0.25, -0.2) is 0 Å². The van der Waals surface area contributed by atoms with Gasteiger partial charge in [-0.15, -0.1) is 0 Å². The van der Waals surface area contributed by atoms with E-state index in [4.69, 9.17) is 18.6 Å². The molecule has 0 fully saturated rings. The summed E-state index contributed by atoms with van der Waals surface area (Å²) in [7, 11) is 1.49. The molecule has 1 atom stereocenters. The Morgan fingerprint density at radius 2 is 1.14 bits per heavy atom. The normalized spacial score (nSPS) is 11.8. The number of carbonyl (C=O) groups excluding carboxylic acids is 2. The topological polar surface area (TPSA) is 112 Å². The first-order valence-electron chi connectivity index (χ1n) is 22.0. The van der Waals surface area contributed by atoms with Gasteiger partial charge >= 0.3 is 11.9 Å². The highest BCUT2D eigenvalue weighted by atomic mass is 16.6. The number of rotatable bonds is 27. The Balaban J connectivity index is 1.98. The van der Waals surface area contributed by atoms with Gasteiger partial charge in [-0.05, 0) is 47.0 Å². The molecule has 0 radical (unpaired) electrons. The zero-order chi connectivity index (χ0) is 41.7. The molecule has 8 heteroatoms. The van der Waals surface area contributed by atoms with Crippen molar-refractivity contribution in [3.63, 3.8) is 0 Å². The van der Waals surface area contributed by atoms with Crippen LogP contribution in [0.1, 0.15) is 194 Å². The van der Waals surface area contributed by atoms with E-state index in [-0.39, 0.29) is 76.1 Å². The van der Waals surface area contributed by atoms with Crippen molar-refractivity contribution >= 4 is 33.9 Å². The van der Waals surface area contributed by atoms with Crippen molar-refractivity contribution < 1.29 is 33.3 Å². The average molecular weight is 789 g/mol. The minimum Gasteiger partial charge on any atom is -0.507 e. The van der Waals surface area contributed by atoms with Crippen LogP contribution >= 0.6 is 0 Å². The summed E-state index contributed by atoms with van der Waals surface area (Å²) >= 11 is 0. The molecule has 0 aliphatic heterocycles. The minimum atomic E-state index is -0.454. The van der Waals surface area contributed by atoms with E-state index < -0.39 is 11.4 Å². The lowest BCUT2D eigenvalue weighted by atomic mass is 9.92. The third-order valence-electron chi connectivity index (χ3n) is 10.6. The van der Waals surface area contributed by atoms with Crippen molar-refractivity contribution in [1.29, 1.82) is 0 Å². The van der Waals surface area contributed by atoms with Crippen molar-refractivity contribution in [1.82, 2.24) is 0 Å². The van der Waals surface area contributed by atoms with Crippen LogP contribution in [0.25, 0.3) is 21.9 Å². The standard InChI is InChI=1S/C49H72O8/c1-9-11-13-15-17-19-21-23-25-27-42(50)56-38-32-40-46(47(52)37(38)30-29-34(3)4)48(53)45-39(55-40)33-41(49(54-8)44(45)36(7)31-35(5)6)57-43(51)28-26-24-22-20-18-16-14-12-10-2/h29,31-33,36,52H,9-28,30H2,1-8H3. The number of ether oxygens (including phenoxy) is 3. The van der Waals surface area contributed by atoms with E-state index in [1.807, 2.05) is 46.8 Å². The van der Waals surface area contributed by atoms with E-state index in [2.05, 4.69) is 13.8 Å². The zero-order valence-electron chi connectivity index (χ0n) is 36.5. The number of phenols is 1. The summed E-state index contributed by atoms with van der Waals surface area (Å²) in [5, 5.41) is 12.0. The number of phenolic OH excluding ortho intramolecular Hbond substituents is 1. The highest BCUT2D eigenvalue weighted by Gasteiger charge is 2.28. The predicted molar refractivity (Wildman–Crippen MR) is 234 cm³/mol. The van der Waals surface area contributed by atoms with Gasteiger partial charge in [0.2, 0.25) is 5.43 Å². The Hall–Kier alpha value is -4.07. The molecular formula is C49H72O8. The quantitative estimate of drug-likeness (QED) is 0.0267. The first kappa shape index (κ1) is 47.3. The van der Waals surface area contributed by atoms with Gasteiger partial charge in [0.15, 0.2) is 11.5 Å². The van der Waals surface area contributed by atoms with Gasteiger partial charge in [-0.2, -0.15) is 0 Å². The molecule has 3 aromatic rings. The Morgan fingerprint density at radius 1 is 0.684 bits per heavy atom. The van der Waals surface area contributed by atoms with E-state index >= 15 is 0 Å². The summed E-state index contributed by atoms with van der Waals surface area (Å²) in [6.45, 7) is 14.2. The molecule has 316 valence electrons. The van der Waals surface area contributed by atoms with E-state index in [1.54, 1.807) is 0 Å². The molecule has 0 saturated carbocycles. The van der Waals surface area contributed by atoms with Crippen LogP contribution in [0.4, 0.5) is 0 Å². The van der Waals surface area contributed by atoms with Crippen LogP contribution in [0.15, 0.2) is 44.6 Å². The fourth-order valence-electron chi connectivity index (χ4n) is 7.56. The zero-order valence-corrected chi connectivity index (χ0v) is 36.5. The van der Waals surface area contributed by atoms with Gasteiger partial charge in [0, 0.05) is 42.0 Å². The monoisotopic (exact) mass is 789 g/mol. The van der Waals surface area contributed by atoms with Crippen molar-refractivity contribution in [3.05, 3.63) is 56.8 Å². The van der Waals surface area contributed by atoms with Crippen LogP contribution in [0, 0.1) is 0 Å². The van der Waals surface area contributed by atoms with Crippen LogP contribution in [0.3, 0.4) is 0 Å². The number of hydrogen-bond acceptors (Lipinski definition) is 8. The number of fused-ring (bicyclic) bond motifs is 2. The van der Waals surface area contributed by atoms with Crippen molar-refractivity contribution in [2.75, 3.05) is 7.11 Å². The average Bonchev–Trinajstić information content (AvgIpc) is 3.15. The molecular weight excluding hydrogens is 717 g/mol. The molecule has 8 nitrogen and oxygen atoms in total. The summed E-state index contributed by atoms with van der Waals surface area (Å²) < 4.78 is 24.2. The van der Waals surface area contributed by atoms with Crippen molar-refractivity contribution in [2.45, 2.75) is 189 Å². The second kappa shape index (κ2) is 25.3. The number of allylic oxidation sites excluding steroid dienone is 4. The van der Waals surface area contributed by atoms with Crippen LogP contribution in [-0.4, -0.2) is 24.2 Å². The van der Waals surface area contributed by atoms with Crippen LogP contribution in [0.2, 0.25) is 0 Å². The van der Waals surface area contributed by atoms with Gasteiger partial charge in [-0.3, -0.25) is 14.4 Å². The van der Waals surface area contributed by atoms with Gasteiger partial charge in [0.05, 0.1) is 12.5 Å². The second-order valence-electron chi connectivity index (χ2n) is 16.3. The molecule has 1 N–H and O–H groups in total. The van der Waals surface area contributed by atoms with Gasteiger partial charge in [0.1, 0.15) is 28.1 Å². The SMILES string of the molecule is CCCCCCCCCCCC(=O)Oc1cc2oc3cc(OC(=O)CCCCCCCCCCC)c(OC)c(C(C)C=C(C)C)c3c(=O)c2c(O)c1CC=C(C)C. The minimum absolute atomic E-state index is 0.0128. The van der Waals surface area contributed by atoms with Crippen LogP contribution < -0.4 is 19.6 Å². The second-order valence-corrected chi connectivity index (χ2v) is 16.3. The lowest BCUT2D eigenvalue weighted by molar-refractivity contribution is -0.135. The van der Waals surface area contributed by atoms with Gasteiger partial charge in [0.25, 0.3) is 0 Å². The molecule has 2 aromatic carbocycles. The number of carbonyl (C=O) groups is 2. The summed E-state index contributed by atoms with van der Waals surface area (Å²) in [5.41, 5.74) is 2.65. The van der Waals surface area contributed by atoms with E-state index in [1.165, 1.54) is 89.9 Å². The first-order chi connectivity index (χ1) is 27.4. The molecule has 1 aromatic heterocycles. The largest absolute Gasteiger partial charge is 0.507 e. The van der Waals surface area contributed by atoms with Crippen molar-refractivity contribution in [3.8, 4) is 23.0 Å². The number of methoxy groups -OCH3 is 1. The molecule has 0 aliphatic rings. The summed E-state index contributed by atoms with van der Waals surface area (Å²) in [6.07, 6.45) is 25.1. The maximum atomic E-state index is 14.6. The van der Waals surface area contributed by atoms with Gasteiger partial charge in [-0.1, -0.05) is 147 Å². The van der Waals surface area contributed by atoms with Crippen LogP contribution in [-0.2, 0) is 16.0 Å². The first-order valence-corrected chi connectivity index (χ1v) is 22.0. The predicted octanol–water partition coefficient (Wildman–Crippen LogP) is 13.9. The summed E-state index contributed by atoms with van der Waals surface area (Å²) in [4.78, 5) is 41.0. The molecule has 0 amide bonds. The number of unbranched alkanes of at least 4 members (excludes halogenated alkanes) is 16. The molecule has 1 unspecified atom stereocenters. The summed E-state index contributed by atoms with van der Waals surface area (Å²) in [5.74, 6) is -0.829. The Morgan fingerprint density at radius 3 is 1.61 bits per heavy atom. The van der Waals surface area contributed by atoms with E-state index in [9.17, 15) is 19.5 Å². The third kappa shape index (κ3) is 15.0. The molecule has 1 heterocycles. The maximum absolute atomic E-state index is 14.6. The highest BCUT2D eigenvalue weighted by Crippen LogP contribution is 2.44. The summed E-state index contributed by atoms with van der Waals surface area (Å²) in [6, 6.07) is 3.04. The molecule has 0 bridgehead atoms. The number of esters is 2. The van der Waals surface area contributed by atoms with Crippen molar-refractivity contribution in [2.24, 2.45) is 0 Å².